The third kappa shape index (κ3) is 4.64. The minimum Gasteiger partial charge on any atom is -0.443 e. The summed E-state index contributed by atoms with van der Waals surface area (Å²) in [6.45, 7) is 6.40. The van der Waals surface area contributed by atoms with Gasteiger partial charge in [-0.25, -0.2) is 4.79 Å². The molecular formula is C23H26N4O3S. The van der Waals surface area contributed by atoms with Crippen molar-refractivity contribution in [3.05, 3.63) is 54.1 Å². The van der Waals surface area contributed by atoms with Gasteiger partial charge in [-0.1, -0.05) is 30.3 Å². The Balaban J connectivity index is 1.39. The number of rotatable bonds is 5. The number of carbonyl (C=O) groups is 2. The van der Waals surface area contributed by atoms with Gasteiger partial charge in [-0.3, -0.25) is 9.69 Å². The van der Waals surface area contributed by atoms with Crippen molar-refractivity contribution in [1.82, 2.24) is 9.69 Å². The number of para-hydroxylation sites is 1. The van der Waals surface area contributed by atoms with E-state index in [-0.39, 0.29) is 5.91 Å². The van der Waals surface area contributed by atoms with Crippen LogP contribution in [0, 0.1) is 0 Å². The van der Waals surface area contributed by atoms with E-state index in [2.05, 4.69) is 15.0 Å². The van der Waals surface area contributed by atoms with E-state index in [0.717, 1.165) is 27.2 Å². The first-order valence-corrected chi connectivity index (χ1v) is 11.1. The molecule has 7 nitrogen and oxygen atoms in total. The van der Waals surface area contributed by atoms with Gasteiger partial charge in [0.25, 0.3) is 0 Å². The number of carbonyl (C=O) groups excluding carboxylic acids is 2. The van der Waals surface area contributed by atoms with Gasteiger partial charge in [-0.05, 0) is 56.1 Å². The highest BCUT2D eigenvalue weighted by molar-refractivity contribution is 7.13. The first-order chi connectivity index (χ1) is 14.8. The molecule has 1 atom stereocenters. The molecule has 1 aliphatic heterocycles. The molecule has 3 aromatic rings. The van der Waals surface area contributed by atoms with E-state index in [0.29, 0.717) is 19.5 Å². The lowest BCUT2D eigenvalue weighted by Gasteiger charge is -2.28. The SMILES string of the molecule is CC(C)(C)OC(=O)N1c2ccccc2CC1C(=O)NCCNc1nsc2ccccc12. The lowest BCUT2D eigenvalue weighted by Crippen LogP contribution is -2.50. The number of anilines is 2. The molecule has 8 heteroatoms. The minimum absolute atomic E-state index is 0.202. The summed E-state index contributed by atoms with van der Waals surface area (Å²) in [6.07, 6.45) is -0.0459. The average molecular weight is 439 g/mol. The van der Waals surface area contributed by atoms with E-state index >= 15 is 0 Å². The highest BCUT2D eigenvalue weighted by Gasteiger charge is 2.40. The smallest absolute Gasteiger partial charge is 0.415 e. The van der Waals surface area contributed by atoms with Crippen LogP contribution in [0.1, 0.15) is 26.3 Å². The molecular weight excluding hydrogens is 412 g/mol. The van der Waals surface area contributed by atoms with Crippen molar-refractivity contribution in [2.24, 2.45) is 0 Å². The van der Waals surface area contributed by atoms with E-state index in [1.807, 2.05) is 69.3 Å². The van der Waals surface area contributed by atoms with Crippen LogP contribution in [0.3, 0.4) is 0 Å². The average Bonchev–Trinajstić information content (AvgIpc) is 3.31. The number of ether oxygens (including phenoxy) is 1. The summed E-state index contributed by atoms with van der Waals surface area (Å²) in [5, 5.41) is 7.29. The van der Waals surface area contributed by atoms with Crippen molar-refractivity contribution in [3.63, 3.8) is 0 Å². The van der Waals surface area contributed by atoms with Crippen LogP contribution in [-0.4, -0.2) is 41.1 Å². The molecule has 1 unspecified atom stereocenters. The topological polar surface area (TPSA) is 83.6 Å². The summed E-state index contributed by atoms with van der Waals surface area (Å²) >= 11 is 1.44. The van der Waals surface area contributed by atoms with Crippen molar-refractivity contribution in [2.75, 3.05) is 23.3 Å². The molecule has 4 rings (SSSR count). The van der Waals surface area contributed by atoms with Crippen LogP contribution < -0.4 is 15.5 Å². The van der Waals surface area contributed by atoms with Crippen LogP contribution in [0.15, 0.2) is 48.5 Å². The van der Waals surface area contributed by atoms with Gasteiger partial charge >= 0.3 is 6.09 Å². The lowest BCUT2D eigenvalue weighted by molar-refractivity contribution is -0.122. The number of fused-ring (bicyclic) bond motifs is 2. The van der Waals surface area contributed by atoms with Crippen LogP contribution in [0.4, 0.5) is 16.3 Å². The van der Waals surface area contributed by atoms with Crippen LogP contribution in [0.2, 0.25) is 0 Å². The highest BCUT2D eigenvalue weighted by atomic mass is 32.1. The molecule has 2 aromatic carbocycles. The molecule has 0 spiro atoms. The van der Waals surface area contributed by atoms with Crippen LogP contribution >= 0.6 is 11.5 Å². The quantitative estimate of drug-likeness (QED) is 0.584. The zero-order chi connectivity index (χ0) is 22.0. The molecule has 0 fully saturated rings. The predicted molar refractivity (Wildman–Crippen MR) is 124 cm³/mol. The monoisotopic (exact) mass is 438 g/mol. The van der Waals surface area contributed by atoms with Gasteiger partial charge in [0, 0.05) is 24.9 Å². The van der Waals surface area contributed by atoms with Crippen molar-refractivity contribution in [3.8, 4) is 0 Å². The third-order valence-electron chi connectivity index (χ3n) is 4.96. The van der Waals surface area contributed by atoms with E-state index in [4.69, 9.17) is 4.74 Å². The second-order valence-electron chi connectivity index (χ2n) is 8.44. The first kappa shape index (κ1) is 21.1. The molecule has 2 amide bonds. The number of hydrogen-bond acceptors (Lipinski definition) is 6. The minimum atomic E-state index is -0.643. The lowest BCUT2D eigenvalue weighted by atomic mass is 10.1. The number of aromatic nitrogens is 1. The molecule has 2 N–H and O–H groups in total. The fraction of sp³-hybridized carbons (Fsp3) is 0.348. The number of amides is 2. The molecule has 0 radical (unpaired) electrons. The Kier molecular flexibility index (Phi) is 5.82. The number of benzene rings is 2. The zero-order valence-electron chi connectivity index (χ0n) is 17.8. The second kappa shape index (κ2) is 8.55. The van der Waals surface area contributed by atoms with Crippen LogP contribution in [0.25, 0.3) is 10.1 Å². The van der Waals surface area contributed by atoms with Crippen molar-refractivity contribution in [2.45, 2.75) is 38.8 Å². The Hall–Kier alpha value is -3.13. The zero-order valence-corrected chi connectivity index (χ0v) is 18.7. The van der Waals surface area contributed by atoms with E-state index in [1.54, 1.807) is 0 Å². The Bertz CT molecular complexity index is 1110. The summed E-state index contributed by atoms with van der Waals surface area (Å²) < 4.78 is 11.1. The fourth-order valence-electron chi connectivity index (χ4n) is 3.63. The van der Waals surface area contributed by atoms with Gasteiger partial charge in [0.15, 0.2) is 0 Å². The maximum Gasteiger partial charge on any atom is 0.415 e. The largest absolute Gasteiger partial charge is 0.443 e. The molecule has 0 aliphatic carbocycles. The van der Waals surface area contributed by atoms with Gasteiger partial charge in [0.1, 0.15) is 17.5 Å². The molecule has 2 heterocycles. The Morgan fingerprint density at radius 1 is 1.13 bits per heavy atom. The summed E-state index contributed by atoms with van der Waals surface area (Å²) in [4.78, 5) is 27.3. The second-order valence-corrected chi connectivity index (χ2v) is 9.25. The molecule has 1 aliphatic rings. The normalized spacial score (nSPS) is 15.6. The molecule has 0 saturated heterocycles. The van der Waals surface area contributed by atoms with E-state index in [1.165, 1.54) is 16.4 Å². The Morgan fingerprint density at radius 3 is 2.68 bits per heavy atom. The third-order valence-corrected chi connectivity index (χ3v) is 5.79. The molecule has 31 heavy (non-hydrogen) atoms. The Labute approximate surface area is 185 Å². The fourth-order valence-corrected chi connectivity index (χ4v) is 4.39. The number of nitrogens with zero attached hydrogens (tertiary/aromatic N) is 2. The summed E-state index contributed by atoms with van der Waals surface area (Å²) in [5.41, 5.74) is 1.04. The number of hydrogen-bond donors (Lipinski definition) is 2. The van der Waals surface area contributed by atoms with Crippen molar-refractivity contribution >= 4 is 45.1 Å². The van der Waals surface area contributed by atoms with Gasteiger partial charge in [-0.2, -0.15) is 4.37 Å². The summed E-state index contributed by atoms with van der Waals surface area (Å²) in [5.74, 6) is 0.616. The van der Waals surface area contributed by atoms with Crippen LogP contribution in [0.5, 0.6) is 0 Å². The highest BCUT2D eigenvalue weighted by Crippen LogP contribution is 2.33. The maximum absolute atomic E-state index is 13.0. The van der Waals surface area contributed by atoms with Crippen LogP contribution in [-0.2, 0) is 16.0 Å². The van der Waals surface area contributed by atoms with Gasteiger partial charge in [0.05, 0.1) is 10.4 Å². The molecule has 162 valence electrons. The summed E-state index contributed by atoms with van der Waals surface area (Å²) in [7, 11) is 0. The van der Waals surface area contributed by atoms with Crippen molar-refractivity contribution < 1.29 is 14.3 Å². The maximum atomic E-state index is 13.0. The number of nitrogens with one attached hydrogen (secondary N) is 2. The van der Waals surface area contributed by atoms with Gasteiger partial charge < -0.3 is 15.4 Å². The van der Waals surface area contributed by atoms with E-state index in [9.17, 15) is 9.59 Å². The van der Waals surface area contributed by atoms with Gasteiger partial charge in [0.2, 0.25) is 5.91 Å². The van der Waals surface area contributed by atoms with E-state index < -0.39 is 17.7 Å². The molecule has 0 saturated carbocycles. The van der Waals surface area contributed by atoms with Crippen molar-refractivity contribution in [1.29, 1.82) is 0 Å². The first-order valence-electron chi connectivity index (χ1n) is 10.3. The standard InChI is InChI=1S/C23H26N4O3S/c1-23(2,3)30-22(29)27-17-10-6-4-8-15(17)14-18(27)21(28)25-13-12-24-20-16-9-5-7-11-19(16)31-26-20/h4-11,18H,12-14H2,1-3H3,(H,24,26)(H,25,28). The Morgan fingerprint density at radius 2 is 1.87 bits per heavy atom. The predicted octanol–water partition coefficient (Wildman–Crippen LogP) is 4.19. The summed E-state index contributed by atoms with van der Waals surface area (Å²) in [6, 6.07) is 14.9. The van der Waals surface area contributed by atoms with Gasteiger partial charge in [-0.15, -0.1) is 0 Å². The molecule has 1 aromatic heterocycles. The molecule has 0 bridgehead atoms.